The third-order valence-electron chi connectivity index (χ3n) is 1.49. The Hall–Kier alpha value is -0.710. The molecule has 0 heterocycles. The zero-order chi connectivity index (χ0) is 10.4. The summed E-state index contributed by atoms with van der Waals surface area (Å²) in [5, 5.41) is -0.283. The zero-order valence-corrected chi connectivity index (χ0v) is 9.18. The van der Waals surface area contributed by atoms with Gasteiger partial charge in [0, 0.05) is 14.1 Å². The molecule has 0 aromatic heterocycles. The molecule has 0 fully saturated rings. The van der Waals surface area contributed by atoms with Gasteiger partial charge in [0.05, 0.1) is 12.9 Å². The Morgan fingerprint density at radius 1 is 1.46 bits per heavy atom. The minimum atomic E-state index is -0.295. The van der Waals surface area contributed by atoms with Crippen molar-refractivity contribution >= 4 is 23.6 Å². The molecule has 1 unspecified atom stereocenters. The molecule has 0 aromatic carbocycles. The van der Waals surface area contributed by atoms with E-state index in [0.717, 1.165) is 0 Å². The molecule has 0 saturated carbocycles. The van der Waals surface area contributed by atoms with Crippen molar-refractivity contribution in [1.82, 2.24) is 4.90 Å². The first-order valence-electron chi connectivity index (χ1n) is 3.88. The number of carbonyl (C=O) groups excluding carboxylic acids is 2. The van der Waals surface area contributed by atoms with Gasteiger partial charge in [0.2, 0.25) is 5.91 Å². The lowest BCUT2D eigenvalue weighted by Crippen LogP contribution is -2.25. The summed E-state index contributed by atoms with van der Waals surface area (Å²) < 4.78 is 4.52. The van der Waals surface area contributed by atoms with Crippen LogP contribution in [0.15, 0.2) is 0 Å². The van der Waals surface area contributed by atoms with Crippen LogP contribution in [-0.2, 0) is 14.3 Å². The summed E-state index contributed by atoms with van der Waals surface area (Å²) in [5.41, 5.74) is 0. The maximum absolute atomic E-state index is 11.1. The lowest BCUT2D eigenvalue weighted by Gasteiger charge is -2.12. The van der Waals surface area contributed by atoms with Gasteiger partial charge < -0.3 is 9.64 Å². The first-order chi connectivity index (χ1) is 5.99. The van der Waals surface area contributed by atoms with Crippen molar-refractivity contribution in [1.29, 1.82) is 0 Å². The Bertz CT molecular complexity index is 194. The van der Waals surface area contributed by atoms with E-state index in [0.29, 0.717) is 5.75 Å². The number of thioether (sulfide) groups is 1. The molecule has 76 valence electrons. The van der Waals surface area contributed by atoms with Crippen molar-refractivity contribution < 1.29 is 14.3 Å². The molecule has 1 amide bonds. The molecule has 0 aliphatic carbocycles. The number of amides is 1. The Morgan fingerprint density at radius 2 is 2.00 bits per heavy atom. The van der Waals surface area contributed by atoms with E-state index in [2.05, 4.69) is 4.74 Å². The van der Waals surface area contributed by atoms with E-state index < -0.39 is 0 Å². The minimum Gasteiger partial charge on any atom is -0.468 e. The van der Waals surface area contributed by atoms with Crippen molar-refractivity contribution in [2.45, 2.75) is 12.2 Å². The van der Waals surface area contributed by atoms with Crippen LogP contribution in [0.2, 0.25) is 0 Å². The highest BCUT2D eigenvalue weighted by Crippen LogP contribution is 2.11. The molecule has 0 aliphatic rings. The van der Waals surface area contributed by atoms with Gasteiger partial charge in [0.25, 0.3) is 0 Å². The third kappa shape index (κ3) is 4.77. The van der Waals surface area contributed by atoms with Gasteiger partial charge in [-0.15, -0.1) is 11.8 Å². The zero-order valence-electron chi connectivity index (χ0n) is 8.36. The van der Waals surface area contributed by atoms with Gasteiger partial charge in [-0.1, -0.05) is 0 Å². The van der Waals surface area contributed by atoms with Crippen LogP contribution in [0.25, 0.3) is 0 Å². The van der Waals surface area contributed by atoms with Crippen LogP contribution in [-0.4, -0.2) is 49.0 Å². The molecule has 1 atom stereocenters. The Kier molecular flexibility index (Phi) is 5.53. The molecule has 4 nitrogen and oxygen atoms in total. The Morgan fingerprint density at radius 3 is 2.38 bits per heavy atom. The number of ether oxygens (including phenoxy) is 1. The molecule has 0 aromatic rings. The number of rotatable bonds is 4. The predicted molar refractivity (Wildman–Crippen MR) is 52.6 cm³/mol. The molecular formula is C8H15NO3S. The van der Waals surface area contributed by atoms with Gasteiger partial charge in [-0.05, 0) is 6.92 Å². The quantitative estimate of drug-likeness (QED) is 0.622. The highest BCUT2D eigenvalue weighted by Gasteiger charge is 2.15. The molecule has 0 rings (SSSR count). The van der Waals surface area contributed by atoms with Gasteiger partial charge >= 0.3 is 5.97 Å². The standard InChI is InChI=1S/C8H15NO3S/c1-6(8(11)12-4)13-5-7(10)9(2)3/h6H,5H2,1-4H3. The van der Waals surface area contributed by atoms with Gasteiger partial charge in [-0.25, -0.2) is 0 Å². The predicted octanol–water partition coefficient (Wildman–Crippen LogP) is 0.369. The average Bonchev–Trinajstić information content (AvgIpc) is 2.11. The summed E-state index contributed by atoms with van der Waals surface area (Å²) >= 11 is 1.28. The second-order valence-electron chi connectivity index (χ2n) is 2.76. The van der Waals surface area contributed by atoms with Crippen molar-refractivity contribution in [3.05, 3.63) is 0 Å². The lowest BCUT2D eigenvalue weighted by atomic mass is 10.5. The third-order valence-corrected chi connectivity index (χ3v) is 2.59. The van der Waals surface area contributed by atoms with E-state index in [1.54, 1.807) is 21.0 Å². The Labute approximate surface area is 82.6 Å². The summed E-state index contributed by atoms with van der Waals surface area (Å²) in [6.45, 7) is 1.72. The number of esters is 1. The summed E-state index contributed by atoms with van der Waals surface area (Å²) in [6.07, 6.45) is 0. The molecule has 0 aliphatic heterocycles. The smallest absolute Gasteiger partial charge is 0.318 e. The van der Waals surface area contributed by atoms with Gasteiger partial charge in [-0.3, -0.25) is 9.59 Å². The van der Waals surface area contributed by atoms with E-state index in [1.165, 1.54) is 23.8 Å². The molecule has 13 heavy (non-hydrogen) atoms. The largest absolute Gasteiger partial charge is 0.468 e. The second kappa shape index (κ2) is 5.85. The SMILES string of the molecule is COC(=O)C(C)SCC(=O)N(C)C. The average molecular weight is 205 g/mol. The fraction of sp³-hybridized carbons (Fsp3) is 0.750. The first kappa shape index (κ1) is 12.3. The molecule has 0 bridgehead atoms. The van der Waals surface area contributed by atoms with Crippen LogP contribution in [0.1, 0.15) is 6.92 Å². The highest BCUT2D eigenvalue weighted by molar-refractivity contribution is 8.01. The van der Waals surface area contributed by atoms with Gasteiger partial charge in [0.1, 0.15) is 5.25 Å². The normalized spacial score (nSPS) is 12.0. The number of hydrogen-bond donors (Lipinski definition) is 0. The van der Waals surface area contributed by atoms with Crippen LogP contribution in [0.4, 0.5) is 0 Å². The number of hydrogen-bond acceptors (Lipinski definition) is 4. The molecule has 0 saturated heterocycles. The second-order valence-corrected chi connectivity index (χ2v) is 4.09. The summed E-state index contributed by atoms with van der Waals surface area (Å²) in [5.74, 6) is 0.0146. The number of methoxy groups -OCH3 is 1. The number of nitrogens with zero attached hydrogens (tertiary/aromatic N) is 1. The van der Waals surface area contributed by atoms with Crippen LogP contribution < -0.4 is 0 Å². The minimum absolute atomic E-state index is 0.000697. The van der Waals surface area contributed by atoms with Gasteiger partial charge in [-0.2, -0.15) is 0 Å². The fourth-order valence-corrected chi connectivity index (χ4v) is 1.44. The van der Waals surface area contributed by atoms with Gasteiger partial charge in [0.15, 0.2) is 0 Å². The maximum Gasteiger partial charge on any atom is 0.318 e. The Balaban J connectivity index is 3.76. The van der Waals surface area contributed by atoms with Crippen molar-refractivity contribution in [3.8, 4) is 0 Å². The monoisotopic (exact) mass is 205 g/mol. The summed E-state index contributed by atoms with van der Waals surface area (Å²) in [4.78, 5) is 23.5. The molecular weight excluding hydrogens is 190 g/mol. The van der Waals surface area contributed by atoms with Crippen LogP contribution in [0.5, 0.6) is 0 Å². The summed E-state index contributed by atoms with van der Waals surface area (Å²) in [7, 11) is 4.71. The van der Waals surface area contributed by atoms with E-state index in [-0.39, 0.29) is 17.1 Å². The van der Waals surface area contributed by atoms with E-state index in [4.69, 9.17) is 0 Å². The van der Waals surface area contributed by atoms with E-state index in [9.17, 15) is 9.59 Å². The van der Waals surface area contributed by atoms with Crippen molar-refractivity contribution in [2.24, 2.45) is 0 Å². The van der Waals surface area contributed by atoms with Crippen molar-refractivity contribution in [2.75, 3.05) is 27.0 Å². The van der Waals surface area contributed by atoms with Crippen LogP contribution in [0.3, 0.4) is 0 Å². The molecule has 5 heteroatoms. The fourth-order valence-electron chi connectivity index (χ4n) is 0.559. The number of carbonyl (C=O) groups is 2. The molecule has 0 radical (unpaired) electrons. The van der Waals surface area contributed by atoms with Crippen LogP contribution >= 0.6 is 11.8 Å². The van der Waals surface area contributed by atoms with Crippen molar-refractivity contribution in [3.63, 3.8) is 0 Å². The lowest BCUT2D eigenvalue weighted by molar-refractivity contribution is -0.139. The van der Waals surface area contributed by atoms with E-state index >= 15 is 0 Å². The maximum atomic E-state index is 11.1. The topological polar surface area (TPSA) is 46.6 Å². The molecule has 0 spiro atoms. The molecule has 0 N–H and O–H groups in total. The van der Waals surface area contributed by atoms with E-state index in [1.807, 2.05) is 0 Å². The first-order valence-corrected chi connectivity index (χ1v) is 4.93. The summed E-state index contributed by atoms with van der Waals surface area (Å²) in [6, 6.07) is 0. The highest BCUT2D eigenvalue weighted by atomic mass is 32.2. The van der Waals surface area contributed by atoms with Crippen LogP contribution in [0, 0.1) is 0 Å².